The molecule has 0 aromatic heterocycles. The Hall–Kier alpha value is -0.0900. The van der Waals surface area contributed by atoms with Gasteiger partial charge in [0.1, 0.15) is 0 Å². The molecule has 2 nitrogen and oxygen atoms in total. The molecule has 0 saturated heterocycles. The maximum Gasteiger partial charge on any atom is 0.0417 e. The van der Waals surface area contributed by atoms with Crippen molar-refractivity contribution in [3.8, 4) is 0 Å². The van der Waals surface area contributed by atoms with Gasteiger partial charge in [-0.15, -0.1) is 0 Å². The number of nitrogens with one attached hydrogen (secondary N) is 1. The smallest absolute Gasteiger partial charge is 0.0417 e. The van der Waals surface area contributed by atoms with Crippen LogP contribution in [0.15, 0.2) is 22.7 Å². The maximum absolute atomic E-state index is 5.84. The Kier molecular flexibility index (Phi) is 4.89. The Labute approximate surface area is 98.0 Å². The van der Waals surface area contributed by atoms with Crippen LogP contribution in [-0.2, 0) is 6.54 Å². The number of hydrogen-bond donors (Lipinski definition) is 2. The van der Waals surface area contributed by atoms with Crippen molar-refractivity contribution in [2.75, 3.05) is 6.54 Å². The highest BCUT2D eigenvalue weighted by Gasteiger charge is 2.02. The van der Waals surface area contributed by atoms with Crippen molar-refractivity contribution in [3.63, 3.8) is 0 Å². The summed E-state index contributed by atoms with van der Waals surface area (Å²) in [5.41, 5.74) is 6.69. The van der Waals surface area contributed by atoms with Crippen molar-refractivity contribution in [2.24, 2.45) is 5.73 Å². The van der Waals surface area contributed by atoms with Gasteiger partial charge in [0.2, 0.25) is 0 Å². The number of rotatable bonds is 4. The fourth-order valence-corrected chi connectivity index (χ4v) is 1.86. The van der Waals surface area contributed by atoms with Crippen molar-refractivity contribution in [1.82, 2.24) is 5.32 Å². The predicted octanol–water partition coefficient (Wildman–Crippen LogP) is 2.54. The highest BCUT2D eigenvalue weighted by molar-refractivity contribution is 9.10. The molecule has 0 unspecified atom stereocenters. The molecule has 0 aliphatic rings. The number of nitrogens with two attached hydrogens (primary N) is 1. The second-order valence-corrected chi connectivity index (χ2v) is 4.54. The average Bonchev–Trinajstić information content (AvgIpc) is 2.16. The molecular formula is C10H14BrClN2. The van der Waals surface area contributed by atoms with Gasteiger partial charge >= 0.3 is 0 Å². The summed E-state index contributed by atoms with van der Waals surface area (Å²) >= 11 is 9.30. The minimum atomic E-state index is 0.331. The monoisotopic (exact) mass is 276 g/mol. The first-order valence-electron chi connectivity index (χ1n) is 4.51. The Bertz CT molecular complexity index is 304. The zero-order valence-electron chi connectivity index (χ0n) is 8.06. The van der Waals surface area contributed by atoms with E-state index in [1.54, 1.807) is 0 Å². The molecule has 1 aromatic carbocycles. The molecule has 0 fully saturated rings. The van der Waals surface area contributed by atoms with Crippen LogP contribution in [0.4, 0.5) is 0 Å². The standard InChI is InChI=1S/C10H14BrClN2/c1-7(5-13)14-6-8-2-3-9(12)4-10(8)11/h2-4,7,14H,5-6,13H2,1H3/t7-/m1/s1. The molecule has 78 valence electrons. The number of benzene rings is 1. The van der Waals surface area contributed by atoms with Gasteiger partial charge in [-0.3, -0.25) is 0 Å². The van der Waals surface area contributed by atoms with E-state index in [4.69, 9.17) is 17.3 Å². The van der Waals surface area contributed by atoms with Crippen LogP contribution in [0.25, 0.3) is 0 Å². The largest absolute Gasteiger partial charge is 0.329 e. The van der Waals surface area contributed by atoms with Crippen molar-refractivity contribution in [3.05, 3.63) is 33.3 Å². The molecule has 3 N–H and O–H groups in total. The second-order valence-electron chi connectivity index (χ2n) is 3.25. The van der Waals surface area contributed by atoms with Gasteiger partial charge in [-0.1, -0.05) is 33.6 Å². The Morgan fingerprint density at radius 1 is 1.57 bits per heavy atom. The summed E-state index contributed by atoms with van der Waals surface area (Å²) < 4.78 is 1.03. The summed E-state index contributed by atoms with van der Waals surface area (Å²) in [6.07, 6.45) is 0. The molecule has 0 spiro atoms. The summed E-state index contributed by atoms with van der Waals surface area (Å²) in [5.74, 6) is 0. The molecule has 1 aromatic rings. The highest BCUT2D eigenvalue weighted by Crippen LogP contribution is 2.21. The Morgan fingerprint density at radius 2 is 2.29 bits per heavy atom. The van der Waals surface area contributed by atoms with Gasteiger partial charge in [0.15, 0.2) is 0 Å². The lowest BCUT2D eigenvalue weighted by molar-refractivity contribution is 0.555. The van der Waals surface area contributed by atoms with E-state index in [1.807, 2.05) is 18.2 Å². The van der Waals surface area contributed by atoms with Gasteiger partial charge in [0.05, 0.1) is 0 Å². The molecule has 0 radical (unpaired) electrons. The van der Waals surface area contributed by atoms with Crippen LogP contribution in [-0.4, -0.2) is 12.6 Å². The van der Waals surface area contributed by atoms with Crippen molar-refractivity contribution < 1.29 is 0 Å². The van der Waals surface area contributed by atoms with E-state index in [-0.39, 0.29) is 0 Å². The van der Waals surface area contributed by atoms with Gasteiger partial charge in [0, 0.05) is 28.6 Å². The van der Waals surface area contributed by atoms with Gasteiger partial charge in [0.25, 0.3) is 0 Å². The first-order valence-corrected chi connectivity index (χ1v) is 5.68. The van der Waals surface area contributed by atoms with Crippen LogP contribution in [0.1, 0.15) is 12.5 Å². The van der Waals surface area contributed by atoms with Gasteiger partial charge in [-0.05, 0) is 24.6 Å². The molecule has 0 aliphatic heterocycles. The van der Waals surface area contributed by atoms with Crippen molar-refractivity contribution in [1.29, 1.82) is 0 Å². The van der Waals surface area contributed by atoms with Crippen LogP contribution in [0, 0.1) is 0 Å². The van der Waals surface area contributed by atoms with Crippen molar-refractivity contribution >= 4 is 27.5 Å². The first-order chi connectivity index (χ1) is 6.63. The van der Waals surface area contributed by atoms with E-state index < -0.39 is 0 Å². The molecule has 1 atom stereocenters. The van der Waals surface area contributed by atoms with Crippen LogP contribution >= 0.6 is 27.5 Å². The summed E-state index contributed by atoms with van der Waals surface area (Å²) in [6.45, 7) is 3.51. The highest BCUT2D eigenvalue weighted by atomic mass is 79.9. The third kappa shape index (κ3) is 3.58. The molecule has 0 bridgehead atoms. The summed E-state index contributed by atoms with van der Waals surface area (Å²) in [4.78, 5) is 0. The molecule has 0 aliphatic carbocycles. The molecule has 1 rings (SSSR count). The zero-order chi connectivity index (χ0) is 10.6. The third-order valence-corrected chi connectivity index (χ3v) is 2.98. The minimum Gasteiger partial charge on any atom is -0.329 e. The second kappa shape index (κ2) is 5.71. The molecule has 4 heteroatoms. The molecule has 14 heavy (non-hydrogen) atoms. The van der Waals surface area contributed by atoms with Crippen LogP contribution < -0.4 is 11.1 Å². The van der Waals surface area contributed by atoms with Gasteiger partial charge in [-0.2, -0.15) is 0 Å². The summed E-state index contributed by atoms with van der Waals surface area (Å²) in [5, 5.41) is 4.05. The van der Waals surface area contributed by atoms with E-state index in [9.17, 15) is 0 Å². The third-order valence-electron chi connectivity index (χ3n) is 2.01. The zero-order valence-corrected chi connectivity index (χ0v) is 10.4. The quantitative estimate of drug-likeness (QED) is 0.887. The van der Waals surface area contributed by atoms with Crippen LogP contribution in [0.3, 0.4) is 0 Å². The van der Waals surface area contributed by atoms with E-state index in [1.165, 1.54) is 5.56 Å². The average molecular weight is 278 g/mol. The van der Waals surface area contributed by atoms with Gasteiger partial charge < -0.3 is 11.1 Å². The fourth-order valence-electron chi connectivity index (χ4n) is 1.03. The summed E-state index contributed by atoms with van der Waals surface area (Å²) in [6, 6.07) is 6.11. The first kappa shape index (κ1) is 12.0. The van der Waals surface area contributed by atoms with Gasteiger partial charge in [-0.25, -0.2) is 0 Å². The van der Waals surface area contributed by atoms with Crippen LogP contribution in [0.2, 0.25) is 5.02 Å². The van der Waals surface area contributed by atoms with E-state index in [0.717, 1.165) is 16.0 Å². The lowest BCUT2D eigenvalue weighted by atomic mass is 10.2. The molecule has 0 amide bonds. The van der Waals surface area contributed by atoms with E-state index >= 15 is 0 Å². The van der Waals surface area contributed by atoms with Crippen molar-refractivity contribution in [2.45, 2.75) is 19.5 Å². The fraction of sp³-hybridized carbons (Fsp3) is 0.400. The normalized spacial score (nSPS) is 12.9. The Balaban J connectivity index is 2.59. The number of hydrogen-bond acceptors (Lipinski definition) is 2. The molecule has 0 saturated carbocycles. The lowest BCUT2D eigenvalue weighted by Gasteiger charge is -2.12. The summed E-state index contributed by atoms with van der Waals surface area (Å²) in [7, 11) is 0. The van der Waals surface area contributed by atoms with Crippen LogP contribution in [0.5, 0.6) is 0 Å². The predicted molar refractivity (Wildman–Crippen MR) is 64.5 cm³/mol. The Morgan fingerprint density at radius 3 is 2.86 bits per heavy atom. The maximum atomic E-state index is 5.84. The SMILES string of the molecule is C[C@H](CN)NCc1ccc(Cl)cc1Br. The minimum absolute atomic E-state index is 0.331. The number of halogens is 2. The molecule has 0 heterocycles. The van der Waals surface area contributed by atoms with E-state index in [0.29, 0.717) is 12.6 Å². The van der Waals surface area contributed by atoms with E-state index in [2.05, 4.69) is 28.2 Å². The lowest BCUT2D eigenvalue weighted by Crippen LogP contribution is -2.32. The molecular weight excluding hydrogens is 263 g/mol. The topological polar surface area (TPSA) is 38.0 Å².